The van der Waals surface area contributed by atoms with Crippen LogP contribution in [0.2, 0.25) is 15.1 Å². The summed E-state index contributed by atoms with van der Waals surface area (Å²) >= 11 is 20.2. The molecule has 0 aliphatic heterocycles. The summed E-state index contributed by atoms with van der Waals surface area (Å²) < 4.78 is 0.852. The average Bonchev–Trinajstić information content (AvgIpc) is 3.18. The van der Waals surface area contributed by atoms with Crippen LogP contribution in [-0.4, -0.2) is 10.9 Å². The second kappa shape index (κ2) is 8.33. The molecule has 0 aliphatic rings. The van der Waals surface area contributed by atoms with Crippen molar-refractivity contribution in [3.8, 4) is 0 Å². The number of amides is 1. The van der Waals surface area contributed by atoms with Crippen molar-refractivity contribution in [1.82, 2.24) is 4.98 Å². The summed E-state index contributed by atoms with van der Waals surface area (Å²) in [6.07, 6.45) is 0. The highest BCUT2D eigenvalue weighted by Crippen LogP contribution is 2.37. The number of thiazole rings is 1. The van der Waals surface area contributed by atoms with E-state index in [2.05, 4.69) is 0 Å². The Hall–Kier alpha value is -2.11. The van der Waals surface area contributed by atoms with Gasteiger partial charge in [0.05, 0.1) is 32.4 Å². The Morgan fingerprint density at radius 2 is 1.72 bits per heavy atom. The van der Waals surface area contributed by atoms with E-state index < -0.39 is 0 Å². The molecule has 3 aromatic carbocycles. The summed E-state index contributed by atoms with van der Waals surface area (Å²) in [4.78, 5) is 19.8. The maximum Gasteiger partial charge on any atom is 0.261 e. The molecule has 0 saturated carbocycles. The van der Waals surface area contributed by atoms with Crippen molar-refractivity contribution in [3.05, 3.63) is 92.4 Å². The van der Waals surface area contributed by atoms with Crippen molar-refractivity contribution in [1.29, 1.82) is 0 Å². The van der Waals surface area contributed by atoms with Gasteiger partial charge in [-0.2, -0.15) is 0 Å². The molecule has 0 fully saturated rings. The molecule has 1 aromatic heterocycles. The van der Waals surface area contributed by atoms with Gasteiger partial charge in [0, 0.05) is 5.02 Å². The summed E-state index contributed by atoms with van der Waals surface area (Å²) in [5.74, 6) is -0.269. The number of carbonyl (C=O) groups excluding carboxylic acids is 1. The molecule has 4 aromatic rings. The van der Waals surface area contributed by atoms with Gasteiger partial charge in [0.15, 0.2) is 5.13 Å². The highest BCUT2D eigenvalue weighted by molar-refractivity contribution is 7.23. The lowest BCUT2D eigenvalue weighted by molar-refractivity contribution is 0.0985. The minimum atomic E-state index is -0.269. The summed E-state index contributed by atoms with van der Waals surface area (Å²) in [5, 5.41) is 1.96. The summed E-state index contributed by atoms with van der Waals surface area (Å²) in [7, 11) is 0. The molecule has 3 nitrogen and oxygen atoms in total. The molecular weight excluding hydrogens is 447 g/mol. The molecule has 0 aliphatic carbocycles. The highest BCUT2D eigenvalue weighted by atomic mass is 35.5. The van der Waals surface area contributed by atoms with Gasteiger partial charge in [-0.3, -0.25) is 9.69 Å². The fraction of sp³-hybridized carbons (Fsp3) is 0.0909. The van der Waals surface area contributed by atoms with Crippen molar-refractivity contribution in [2.24, 2.45) is 0 Å². The van der Waals surface area contributed by atoms with E-state index in [1.54, 1.807) is 23.1 Å². The van der Waals surface area contributed by atoms with Gasteiger partial charge < -0.3 is 0 Å². The van der Waals surface area contributed by atoms with E-state index in [9.17, 15) is 4.79 Å². The Bertz CT molecular complexity index is 1170. The van der Waals surface area contributed by atoms with E-state index in [-0.39, 0.29) is 5.91 Å². The Balaban J connectivity index is 1.84. The van der Waals surface area contributed by atoms with Crippen LogP contribution in [0.1, 0.15) is 21.5 Å². The third kappa shape index (κ3) is 4.12. The van der Waals surface area contributed by atoms with Crippen molar-refractivity contribution < 1.29 is 4.79 Å². The minimum Gasteiger partial charge on any atom is -0.279 e. The second-order valence-electron chi connectivity index (χ2n) is 6.54. The van der Waals surface area contributed by atoms with Gasteiger partial charge in [-0.05, 0) is 42.3 Å². The lowest BCUT2D eigenvalue weighted by atomic mass is 10.1. The highest BCUT2D eigenvalue weighted by Gasteiger charge is 2.24. The quantitative estimate of drug-likeness (QED) is 0.317. The zero-order valence-electron chi connectivity index (χ0n) is 15.3. The van der Waals surface area contributed by atoms with E-state index in [1.807, 2.05) is 49.4 Å². The van der Waals surface area contributed by atoms with Gasteiger partial charge in [-0.1, -0.05) is 82.5 Å². The predicted molar refractivity (Wildman–Crippen MR) is 123 cm³/mol. The number of hydrogen-bond donors (Lipinski definition) is 0. The third-order valence-corrected chi connectivity index (χ3v) is 6.61. The number of aromatic nitrogens is 1. The normalized spacial score (nSPS) is 11.0. The molecule has 0 radical (unpaired) electrons. The van der Waals surface area contributed by atoms with Crippen molar-refractivity contribution in [3.63, 3.8) is 0 Å². The van der Waals surface area contributed by atoms with E-state index in [0.717, 1.165) is 21.3 Å². The topological polar surface area (TPSA) is 33.2 Å². The van der Waals surface area contributed by atoms with Crippen molar-refractivity contribution in [2.45, 2.75) is 13.5 Å². The van der Waals surface area contributed by atoms with Crippen LogP contribution in [0.3, 0.4) is 0 Å². The van der Waals surface area contributed by atoms with E-state index in [4.69, 9.17) is 39.8 Å². The molecule has 4 rings (SSSR count). The summed E-state index contributed by atoms with van der Waals surface area (Å²) in [6.45, 7) is 2.32. The smallest absolute Gasteiger partial charge is 0.261 e. The molecule has 29 heavy (non-hydrogen) atoms. The monoisotopic (exact) mass is 460 g/mol. The Morgan fingerprint density at radius 1 is 1.00 bits per heavy atom. The number of aryl methyl sites for hydroxylation is 1. The maximum absolute atomic E-state index is 13.5. The molecule has 0 unspecified atom stereocenters. The van der Waals surface area contributed by atoms with Crippen LogP contribution in [0.4, 0.5) is 5.13 Å². The van der Waals surface area contributed by atoms with Crippen LogP contribution in [0, 0.1) is 6.92 Å². The van der Waals surface area contributed by atoms with E-state index in [1.165, 1.54) is 11.3 Å². The van der Waals surface area contributed by atoms with E-state index in [0.29, 0.717) is 32.3 Å². The van der Waals surface area contributed by atoms with Crippen LogP contribution in [0.25, 0.3) is 10.2 Å². The number of nitrogens with zero attached hydrogens (tertiary/aromatic N) is 2. The fourth-order valence-corrected chi connectivity index (χ4v) is 4.69. The predicted octanol–water partition coefficient (Wildman–Crippen LogP) is 7.41. The lowest BCUT2D eigenvalue weighted by Gasteiger charge is -2.21. The summed E-state index contributed by atoms with van der Waals surface area (Å²) in [5.41, 5.74) is 3.10. The first-order valence-corrected chi connectivity index (χ1v) is 10.8. The van der Waals surface area contributed by atoms with Gasteiger partial charge in [0.2, 0.25) is 0 Å². The molecule has 0 bridgehead atoms. The first-order chi connectivity index (χ1) is 13.9. The molecular formula is C22H15Cl3N2OS. The molecule has 0 spiro atoms. The standard InChI is InChI=1S/C22H15Cl3N2OS/c1-13-7-9-18(25)20-19(13)26-22(29-20)27(12-14-5-3-2-4-6-14)21(28)16-11-15(23)8-10-17(16)24/h2-11H,12H2,1H3. The first kappa shape index (κ1) is 20.2. The van der Waals surface area contributed by atoms with Crippen molar-refractivity contribution in [2.75, 3.05) is 4.90 Å². The van der Waals surface area contributed by atoms with Gasteiger partial charge >= 0.3 is 0 Å². The average molecular weight is 462 g/mol. The number of fused-ring (bicyclic) bond motifs is 1. The Kier molecular flexibility index (Phi) is 5.79. The number of carbonyl (C=O) groups is 1. The third-order valence-electron chi connectivity index (χ3n) is 4.50. The molecule has 0 saturated heterocycles. The maximum atomic E-state index is 13.5. The van der Waals surface area contributed by atoms with Gasteiger partial charge in [-0.15, -0.1) is 0 Å². The number of rotatable bonds is 4. The largest absolute Gasteiger partial charge is 0.279 e. The zero-order chi connectivity index (χ0) is 20.5. The number of hydrogen-bond acceptors (Lipinski definition) is 3. The zero-order valence-corrected chi connectivity index (χ0v) is 18.4. The van der Waals surface area contributed by atoms with Gasteiger partial charge in [0.25, 0.3) is 5.91 Å². The molecule has 1 amide bonds. The summed E-state index contributed by atoms with van der Waals surface area (Å²) in [6, 6.07) is 18.4. The minimum absolute atomic E-state index is 0.269. The van der Waals surface area contributed by atoms with Gasteiger partial charge in [-0.25, -0.2) is 4.98 Å². The van der Waals surface area contributed by atoms with Crippen LogP contribution >= 0.6 is 46.1 Å². The Labute approximate surface area is 187 Å². The SMILES string of the molecule is Cc1ccc(Cl)c2sc(N(Cc3ccccc3)C(=O)c3cc(Cl)ccc3Cl)nc12. The number of anilines is 1. The first-order valence-electron chi connectivity index (χ1n) is 8.80. The molecule has 0 atom stereocenters. The van der Waals surface area contributed by atoms with Crippen LogP contribution in [-0.2, 0) is 6.54 Å². The lowest BCUT2D eigenvalue weighted by Crippen LogP contribution is -2.30. The second-order valence-corrected chi connectivity index (χ2v) is 8.77. The van der Waals surface area contributed by atoms with Gasteiger partial charge in [0.1, 0.15) is 0 Å². The Morgan fingerprint density at radius 3 is 2.45 bits per heavy atom. The van der Waals surface area contributed by atoms with Crippen LogP contribution in [0.5, 0.6) is 0 Å². The molecule has 146 valence electrons. The van der Waals surface area contributed by atoms with Crippen molar-refractivity contribution >= 4 is 67.4 Å². The number of halogens is 3. The molecule has 1 heterocycles. The van der Waals surface area contributed by atoms with E-state index >= 15 is 0 Å². The molecule has 0 N–H and O–H groups in total. The number of benzene rings is 3. The van der Waals surface area contributed by atoms with Crippen LogP contribution < -0.4 is 4.90 Å². The molecule has 7 heteroatoms. The fourth-order valence-electron chi connectivity index (χ4n) is 3.01. The van der Waals surface area contributed by atoms with Crippen LogP contribution in [0.15, 0.2) is 60.7 Å².